The van der Waals surface area contributed by atoms with E-state index in [9.17, 15) is 18.0 Å². The lowest BCUT2D eigenvalue weighted by Gasteiger charge is -2.34. The second kappa shape index (κ2) is 11.9. The molecule has 2 heterocycles. The van der Waals surface area contributed by atoms with Gasteiger partial charge in [0.2, 0.25) is 5.16 Å². The molecule has 1 aromatic heterocycles. The fourth-order valence-corrected chi connectivity index (χ4v) is 7.67. The Labute approximate surface area is 269 Å². The monoisotopic (exact) mass is 635 g/mol. The first-order valence-corrected chi connectivity index (χ1v) is 16.7. The molecular formula is C37H37N3O5S. The lowest BCUT2D eigenvalue weighted by Crippen LogP contribution is -2.44. The fraction of sp³-hybridized carbons (Fsp3) is 0.270. The molecule has 2 unspecified atom stereocenters. The number of carbonyl (C=O) groups excluding carboxylic acids is 2. The molecule has 46 heavy (non-hydrogen) atoms. The van der Waals surface area contributed by atoms with Gasteiger partial charge in [0.05, 0.1) is 16.7 Å². The van der Waals surface area contributed by atoms with Crippen LogP contribution in [0.3, 0.4) is 0 Å². The molecule has 236 valence electrons. The first kappa shape index (κ1) is 31.2. The van der Waals surface area contributed by atoms with Gasteiger partial charge in [-0.05, 0) is 46.4 Å². The van der Waals surface area contributed by atoms with E-state index >= 15 is 0 Å². The number of sulfonamides is 1. The quantitative estimate of drug-likeness (QED) is 0.147. The van der Waals surface area contributed by atoms with E-state index in [1.807, 2.05) is 87.5 Å². The lowest BCUT2D eigenvalue weighted by molar-refractivity contribution is -0.153. The third-order valence-electron chi connectivity index (χ3n) is 8.78. The Balaban J connectivity index is 1.38. The highest BCUT2D eigenvalue weighted by molar-refractivity contribution is 7.92. The highest BCUT2D eigenvalue weighted by Crippen LogP contribution is 2.48. The summed E-state index contributed by atoms with van der Waals surface area (Å²) in [6, 6.07) is 33.3. The van der Waals surface area contributed by atoms with Crippen molar-refractivity contribution in [2.45, 2.75) is 50.3 Å². The second-order valence-electron chi connectivity index (χ2n) is 13.1. The van der Waals surface area contributed by atoms with Crippen LogP contribution in [-0.4, -0.2) is 42.8 Å². The Hall–Kier alpha value is -4.76. The largest absolute Gasteiger partial charge is 0.450 e. The molecule has 0 aliphatic carbocycles. The number of hydrogen-bond donors (Lipinski definition) is 1. The van der Waals surface area contributed by atoms with Crippen molar-refractivity contribution in [1.82, 2.24) is 9.97 Å². The number of ketones is 1. The molecule has 5 aromatic rings. The van der Waals surface area contributed by atoms with Crippen molar-refractivity contribution in [1.29, 1.82) is 0 Å². The van der Waals surface area contributed by atoms with Gasteiger partial charge >= 0.3 is 5.97 Å². The van der Waals surface area contributed by atoms with E-state index in [2.05, 4.69) is 9.97 Å². The number of hydrogen-bond acceptors (Lipinski definition) is 6. The van der Waals surface area contributed by atoms with E-state index in [0.29, 0.717) is 22.3 Å². The van der Waals surface area contributed by atoms with Crippen LogP contribution in [-0.2, 0) is 37.2 Å². The van der Waals surface area contributed by atoms with E-state index in [-0.39, 0.29) is 23.8 Å². The van der Waals surface area contributed by atoms with Gasteiger partial charge in [0.1, 0.15) is 5.92 Å². The number of cyclic esters (lactones) is 1. The van der Waals surface area contributed by atoms with E-state index < -0.39 is 38.8 Å². The Kier molecular flexibility index (Phi) is 8.06. The zero-order chi connectivity index (χ0) is 32.7. The summed E-state index contributed by atoms with van der Waals surface area (Å²) < 4.78 is 34.7. The van der Waals surface area contributed by atoms with Crippen LogP contribution in [0.4, 0.5) is 5.69 Å². The number of H-pyrrole nitrogens is 1. The van der Waals surface area contributed by atoms with Gasteiger partial charge in [-0.3, -0.25) is 13.9 Å². The summed E-state index contributed by atoms with van der Waals surface area (Å²) in [7, 11) is -2.59. The summed E-state index contributed by atoms with van der Waals surface area (Å²) in [6.45, 7) is 5.94. The third kappa shape index (κ3) is 5.83. The number of nitrogens with zero attached hydrogens (tertiary/aromatic N) is 2. The third-order valence-corrected chi connectivity index (χ3v) is 10.4. The van der Waals surface area contributed by atoms with Crippen LogP contribution in [0.2, 0.25) is 0 Å². The standard InChI is InChI=1S/C37H37N3O5S/c1-36(2,3)32(27-18-13-19-28(22-27)40(4)46(43,44)35-38-29-20-11-12-21-30(29)39-35)31-33(41)37(45-34(31)42,23-25-14-7-5-8-15-25)24-26-16-9-6-10-17-26/h5-22,31-32H,23-24H2,1-4H3,(H,38,39). The van der Waals surface area contributed by atoms with Gasteiger partial charge in [0.25, 0.3) is 10.0 Å². The summed E-state index contributed by atoms with van der Waals surface area (Å²) in [6.07, 6.45) is 0.498. The number of nitrogens with one attached hydrogen (secondary N) is 1. The molecule has 1 fully saturated rings. The SMILES string of the molecule is CN(c1cccc(C(C2C(=O)OC(Cc3ccccc3)(Cc3ccccc3)C2=O)C(C)(C)C)c1)S(=O)(=O)c1nc2ccccc2[nH]1. The Morgan fingerprint density at radius 1 is 0.848 bits per heavy atom. The molecule has 0 spiro atoms. The molecule has 1 N–H and O–H groups in total. The minimum atomic E-state index is -4.05. The molecule has 0 bridgehead atoms. The number of para-hydroxylation sites is 2. The maximum absolute atomic E-state index is 14.7. The second-order valence-corrected chi connectivity index (χ2v) is 14.9. The maximum atomic E-state index is 14.7. The fourth-order valence-electron chi connectivity index (χ4n) is 6.57. The van der Waals surface area contributed by atoms with Crippen molar-refractivity contribution < 1.29 is 22.7 Å². The molecule has 0 radical (unpaired) electrons. The minimum Gasteiger partial charge on any atom is -0.450 e. The molecule has 8 nitrogen and oxygen atoms in total. The normalized spacial score (nSPS) is 17.2. The number of fused-ring (bicyclic) bond motifs is 1. The van der Waals surface area contributed by atoms with Crippen LogP contribution in [0, 0.1) is 11.3 Å². The minimum absolute atomic E-state index is 0.171. The molecule has 1 saturated heterocycles. The van der Waals surface area contributed by atoms with Crippen LogP contribution in [0.25, 0.3) is 11.0 Å². The Bertz CT molecular complexity index is 1920. The van der Waals surface area contributed by atoms with Gasteiger partial charge in [0.15, 0.2) is 11.4 Å². The molecule has 6 rings (SSSR count). The zero-order valence-corrected chi connectivity index (χ0v) is 27.1. The molecular weight excluding hydrogens is 598 g/mol. The van der Waals surface area contributed by atoms with E-state index in [1.54, 1.807) is 42.5 Å². The Morgan fingerprint density at radius 2 is 1.43 bits per heavy atom. The average molecular weight is 636 g/mol. The van der Waals surface area contributed by atoms with Gasteiger partial charge in [-0.2, -0.15) is 8.42 Å². The molecule has 1 aliphatic rings. The van der Waals surface area contributed by atoms with Crippen molar-refractivity contribution in [2.24, 2.45) is 11.3 Å². The van der Waals surface area contributed by atoms with Crippen LogP contribution < -0.4 is 4.31 Å². The molecule has 9 heteroatoms. The zero-order valence-electron chi connectivity index (χ0n) is 26.3. The summed E-state index contributed by atoms with van der Waals surface area (Å²) in [5.41, 5.74) is 2.05. The number of rotatable bonds is 9. The highest BCUT2D eigenvalue weighted by atomic mass is 32.2. The first-order valence-electron chi connectivity index (χ1n) is 15.3. The predicted molar refractivity (Wildman–Crippen MR) is 178 cm³/mol. The van der Waals surface area contributed by atoms with Crippen LogP contribution >= 0.6 is 0 Å². The lowest BCUT2D eigenvalue weighted by atomic mass is 9.66. The number of ether oxygens (including phenoxy) is 1. The molecule has 2 atom stereocenters. The number of Topliss-reactive ketones (excluding diaryl/α,β-unsaturated/α-hetero) is 1. The number of aromatic nitrogens is 2. The van der Waals surface area contributed by atoms with Crippen LogP contribution in [0.1, 0.15) is 43.4 Å². The van der Waals surface area contributed by atoms with Crippen molar-refractivity contribution >= 4 is 38.5 Å². The Morgan fingerprint density at radius 3 is 2.02 bits per heavy atom. The topological polar surface area (TPSA) is 109 Å². The summed E-state index contributed by atoms with van der Waals surface area (Å²) in [4.78, 5) is 35.8. The summed E-state index contributed by atoms with van der Waals surface area (Å²) in [5, 5.41) is -0.171. The number of anilines is 1. The van der Waals surface area contributed by atoms with Gasteiger partial charge < -0.3 is 9.72 Å². The maximum Gasteiger partial charge on any atom is 0.318 e. The molecule has 0 saturated carbocycles. The van der Waals surface area contributed by atoms with Gasteiger partial charge in [-0.25, -0.2) is 4.98 Å². The van der Waals surface area contributed by atoms with Crippen LogP contribution in [0.15, 0.2) is 114 Å². The van der Waals surface area contributed by atoms with Crippen LogP contribution in [0.5, 0.6) is 0 Å². The highest BCUT2D eigenvalue weighted by Gasteiger charge is 2.59. The van der Waals surface area contributed by atoms with E-state index in [0.717, 1.165) is 15.4 Å². The number of benzene rings is 4. The number of imidazole rings is 1. The van der Waals surface area contributed by atoms with Crippen molar-refractivity contribution in [3.63, 3.8) is 0 Å². The van der Waals surface area contributed by atoms with E-state index in [1.165, 1.54) is 7.05 Å². The smallest absolute Gasteiger partial charge is 0.318 e. The number of esters is 1. The predicted octanol–water partition coefficient (Wildman–Crippen LogP) is 6.48. The summed E-state index contributed by atoms with van der Waals surface area (Å²) in [5.74, 6) is -2.51. The van der Waals surface area contributed by atoms with Crippen molar-refractivity contribution in [3.8, 4) is 0 Å². The molecule has 0 amide bonds. The van der Waals surface area contributed by atoms with Gasteiger partial charge in [-0.15, -0.1) is 0 Å². The molecule has 4 aromatic carbocycles. The first-order chi connectivity index (χ1) is 21.9. The van der Waals surface area contributed by atoms with Crippen molar-refractivity contribution in [2.75, 3.05) is 11.4 Å². The summed E-state index contributed by atoms with van der Waals surface area (Å²) >= 11 is 0. The van der Waals surface area contributed by atoms with Gasteiger partial charge in [-0.1, -0.05) is 106 Å². The number of carbonyl (C=O) groups is 2. The van der Waals surface area contributed by atoms with Gasteiger partial charge in [0, 0.05) is 25.8 Å². The van der Waals surface area contributed by atoms with Crippen molar-refractivity contribution in [3.05, 3.63) is 126 Å². The average Bonchev–Trinajstić information content (AvgIpc) is 3.57. The number of aromatic amines is 1. The molecule has 1 aliphatic heterocycles. The van der Waals surface area contributed by atoms with E-state index in [4.69, 9.17) is 4.74 Å².